The summed E-state index contributed by atoms with van der Waals surface area (Å²) in [7, 11) is -4.53. The molecule has 10 heteroatoms. The molecule has 25 heavy (non-hydrogen) atoms. The van der Waals surface area contributed by atoms with E-state index in [2.05, 4.69) is 4.42 Å². The minimum absolute atomic E-state index is 0.0139. The smallest absolute Gasteiger partial charge is 0.450 e. The fourth-order valence-electron chi connectivity index (χ4n) is 1.99. The number of hydrogen-bond donors (Lipinski definition) is 1. The van der Waals surface area contributed by atoms with E-state index < -0.39 is 32.8 Å². The first-order chi connectivity index (χ1) is 11.5. The molecular weight excluding hydrogens is 363 g/mol. The molecule has 1 N–H and O–H groups in total. The summed E-state index contributed by atoms with van der Waals surface area (Å²) < 4.78 is 74.5. The zero-order valence-corrected chi connectivity index (χ0v) is 14.0. The highest BCUT2D eigenvalue weighted by molar-refractivity contribution is 7.92. The highest BCUT2D eigenvalue weighted by atomic mass is 32.2. The van der Waals surface area contributed by atoms with Crippen LogP contribution < -0.4 is 4.72 Å². The van der Waals surface area contributed by atoms with Crippen LogP contribution in [0, 0.1) is 6.92 Å². The van der Waals surface area contributed by atoms with Crippen molar-refractivity contribution in [2.75, 3.05) is 11.3 Å². The molecule has 0 fully saturated rings. The number of carbonyl (C=O) groups excluding carboxylic acids is 1. The zero-order chi connectivity index (χ0) is 18.8. The van der Waals surface area contributed by atoms with Crippen LogP contribution in [0.5, 0.6) is 0 Å². The molecule has 6 nitrogen and oxygen atoms in total. The Balaban J connectivity index is 2.30. The van der Waals surface area contributed by atoms with Crippen LogP contribution in [0.1, 0.15) is 28.8 Å². The van der Waals surface area contributed by atoms with E-state index in [9.17, 15) is 26.4 Å². The number of anilines is 1. The highest BCUT2D eigenvalue weighted by Gasteiger charge is 2.42. The fraction of sp³-hybridized carbons (Fsp3) is 0.267. The fourth-order valence-corrected chi connectivity index (χ4v) is 3.27. The molecule has 2 rings (SSSR count). The molecule has 0 amide bonds. The van der Waals surface area contributed by atoms with Gasteiger partial charge in [-0.15, -0.1) is 0 Å². The summed E-state index contributed by atoms with van der Waals surface area (Å²) in [6, 6.07) is 5.86. The van der Waals surface area contributed by atoms with Crippen LogP contribution in [-0.4, -0.2) is 21.0 Å². The van der Waals surface area contributed by atoms with Crippen molar-refractivity contribution < 1.29 is 35.5 Å². The van der Waals surface area contributed by atoms with Gasteiger partial charge in [-0.1, -0.05) is 0 Å². The summed E-state index contributed by atoms with van der Waals surface area (Å²) in [4.78, 5) is 10.5. The van der Waals surface area contributed by atoms with Crippen molar-refractivity contribution in [3.63, 3.8) is 0 Å². The van der Waals surface area contributed by atoms with Gasteiger partial charge in [0.25, 0.3) is 10.0 Å². The molecular formula is C15H14F3NO5S. The average Bonchev–Trinajstić information content (AvgIpc) is 2.91. The van der Waals surface area contributed by atoms with Crippen LogP contribution in [0.3, 0.4) is 0 Å². The van der Waals surface area contributed by atoms with Crippen molar-refractivity contribution in [3.8, 4) is 0 Å². The quantitative estimate of drug-likeness (QED) is 0.805. The minimum atomic E-state index is -4.95. The van der Waals surface area contributed by atoms with Gasteiger partial charge in [0.05, 0.1) is 12.2 Å². The van der Waals surface area contributed by atoms with Gasteiger partial charge in [-0.2, -0.15) is 13.2 Å². The number of sulfonamides is 1. The van der Waals surface area contributed by atoms with Gasteiger partial charge in [-0.3, -0.25) is 4.72 Å². The maximum atomic E-state index is 12.9. The summed E-state index contributed by atoms with van der Waals surface area (Å²) in [6.45, 7) is 3.02. The summed E-state index contributed by atoms with van der Waals surface area (Å²) in [5.41, 5.74) is 0.167. The minimum Gasteiger partial charge on any atom is -0.462 e. The third-order valence-electron chi connectivity index (χ3n) is 3.02. The predicted molar refractivity (Wildman–Crippen MR) is 81.7 cm³/mol. The second kappa shape index (κ2) is 6.79. The number of ether oxygens (including phenoxy) is 1. The lowest BCUT2D eigenvalue weighted by Gasteiger charge is -2.10. The molecule has 2 aromatic rings. The summed E-state index contributed by atoms with van der Waals surface area (Å²) in [5.74, 6) is -2.38. The Morgan fingerprint density at radius 1 is 1.24 bits per heavy atom. The van der Waals surface area contributed by atoms with Gasteiger partial charge in [0, 0.05) is 11.8 Å². The standard InChI is InChI=1S/C15H14F3NO5S/c1-3-23-14(20)10-4-6-11(7-5-10)19-25(21,22)12-8-9(2)24-13(12)15(16,17)18/h4-8,19H,3H2,1-2H3. The van der Waals surface area contributed by atoms with Crippen molar-refractivity contribution in [3.05, 3.63) is 47.4 Å². The lowest BCUT2D eigenvalue weighted by atomic mass is 10.2. The third kappa shape index (κ3) is 4.32. The molecule has 1 heterocycles. The van der Waals surface area contributed by atoms with E-state index >= 15 is 0 Å². The van der Waals surface area contributed by atoms with Gasteiger partial charge in [-0.25, -0.2) is 13.2 Å². The Morgan fingerprint density at radius 2 is 1.84 bits per heavy atom. The number of alkyl halides is 3. The molecule has 0 aliphatic carbocycles. The molecule has 0 saturated carbocycles. The summed E-state index contributed by atoms with van der Waals surface area (Å²) >= 11 is 0. The first-order valence-electron chi connectivity index (χ1n) is 7.02. The molecule has 0 bridgehead atoms. The molecule has 1 aromatic heterocycles. The third-order valence-corrected chi connectivity index (χ3v) is 4.40. The molecule has 0 saturated heterocycles. The van der Waals surface area contributed by atoms with Crippen molar-refractivity contribution in [1.29, 1.82) is 0 Å². The van der Waals surface area contributed by atoms with Crippen molar-refractivity contribution >= 4 is 21.7 Å². The average molecular weight is 377 g/mol. The molecule has 0 spiro atoms. The van der Waals surface area contributed by atoms with E-state index in [1.807, 2.05) is 4.72 Å². The second-order valence-corrected chi connectivity index (χ2v) is 6.60. The van der Waals surface area contributed by atoms with Gasteiger partial charge in [0.1, 0.15) is 10.7 Å². The summed E-state index contributed by atoms with van der Waals surface area (Å²) in [5, 5.41) is 0. The second-order valence-electron chi connectivity index (χ2n) is 4.95. The zero-order valence-electron chi connectivity index (χ0n) is 13.2. The molecule has 0 aliphatic rings. The number of nitrogens with one attached hydrogen (secondary N) is 1. The van der Waals surface area contributed by atoms with E-state index in [-0.39, 0.29) is 23.6 Å². The number of esters is 1. The maximum Gasteiger partial charge on any atom is 0.450 e. The van der Waals surface area contributed by atoms with Gasteiger partial charge >= 0.3 is 12.1 Å². The van der Waals surface area contributed by atoms with E-state index in [0.29, 0.717) is 0 Å². The van der Waals surface area contributed by atoms with E-state index in [4.69, 9.17) is 4.74 Å². The van der Waals surface area contributed by atoms with Crippen LogP contribution >= 0.6 is 0 Å². The highest BCUT2D eigenvalue weighted by Crippen LogP contribution is 2.36. The molecule has 0 radical (unpaired) electrons. The lowest BCUT2D eigenvalue weighted by molar-refractivity contribution is -0.155. The van der Waals surface area contributed by atoms with E-state index in [1.54, 1.807) is 6.92 Å². The van der Waals surface area contributed by atoms with Crippen molar-refractivity contribution in [2.45, 2.75) is 24.9 Å². The lowest BCUT2D eigenvalue weighted by Crippen LogP contribution is -2.17. The predicted octanol–water partition coefficient (Wildman–Crippen LogP) is 3.58. The van der Waals surface area contributed by atoms with Crippen LogP contribution in [0.4, 0.5) is 18.9 Å². The number of aryl methyl sites for hydroxylation is 1. The number of furan rings is 1. The van der Waals surface area contributed by atoms with Crippen molar-refractivity contribution in [1.82, 2.24) is 0 Å². The van der Waals surface area contributed by atoms with Crippen LogP contribution in [0.25, 0.3) is 0 Å². The van der Waals surface area contributed by atoms with Crippen molar-refractivity contribution in [2.24, 2.45) is 0 Å². The largest absolute Gasteiger partial charge is 0.462 e. The number of benzene rings is 1. The van der Waals surface area contributed by atoms with Gasteiger partial charge in [0.2, 0.25) is 5.76 Å². The van der Waals surface area contributed by atoms with E-state index in [1.165, 1.54) is 31.2 Å². The number of carbonyl (C=O) groups is 1. The molecule has 0 unspecified atom stereocenters. The Bertz CT molecular complexity index is 870. The molecule has 136 valence electrons. The topological polar surface area (TPSA) is 85.6 Å². The first kappa shape index (κ1) is 18.8. The van der Waals surface area contributed by atoms with Crippen LogP contribution in [0.15, 0.2) is 39.6 Å². The number of hydrogen-bond acceptors (Lipinski definition) is 5. The molecule has 1 aromatic carbocycles. The van der Waals surface area contributed by atoms with Crippen LogP contribution in [0.2, 0.25) is 0 Å². The number of halogens is 3. The Kier molecular flexibility index (Phi) is 5.12. The Morgan fingerprint density at radius 3 is 2.36 bits per heavy atom. The van der Waals surface area contributed by atoms with Crippen LogP contribution in [-0.2, 0) is 20.9 Å². The Hall–Kier alpha value is -2.49. The summed E-state index contributed by atoms with van der Waals surface area (Å²) in [6.07, 6.45) is -4.95. The number of rotatable bonds is 5. The normalized spacial score (nSPS) is 12.0. The van der Waals surface area contributed by atoms with Gasteiger partial charge in [-0.05, 0) is 38.1 Å². The maximum absolute atomic E-state index is 12.9. The van der Waals surface area contributed by atoms with Gasteiger partial charge in [0.15, 0.2) is 0 Å². The van der Waals surface area contributed by atoms with E-state index in [0.717, 1.165) is 6.07 Å². The van der Waals surface area contributed by atoms with Gasteiger partial charge < -0.3 is 9.15 Å². The Labute approximate surface area is 141 Å². The molecule has 0 aliphatic heterocycles. The molecule has 0 atom stereocenters. The SMILES string of the molecule is CCOC(=O)c1ccc(NS(=O)(=O)c2cc(C)oc2C(F)(F)F)cc1. The monoisotopic (exact) mass is 377 g/mol. The first-order valence-corrected chi connectivity index (χ1v) is 8.50.